The zero-order valence-corrected chi connectivity index (χ0v) is 13.5. The van der Waals surface area contributed by atoms with Crippen molar-refractivity contribution in [2.75, 3.05) is 19.1 Å². The number of benzene rings is 2. The predicted molar refractivity (Wildman–Crippen MR) is 86.5 cm³/mol. The molecule has 0 saturated carbocycles. The van der Waals surface area contributed by atoms with Gasteiger partial charge in [-0.05, 0) is 30.3 Å². The highest BCUT2D eigenvalue weighted by atomic mass is 32.2. The number of methoxy groups -OCH3 is 1. The average molecular weight is 323 g/mol. The minimum atomic E-state index is -3.15. The molecule has 0 aliphatic carbocycles. The monoisotopic (exact) mass is 323 g/mol. The molecular weight excluding hydrogens is 306 g/mol. The first-order valence-corrected chi connectivity index (χ1v) is 9.13. The van der Waals surface area contributed by atoms with E-state index in [-0.39, 0.29) is 0 Å². The third-order valence-electron chi connectivity index (χ3n) is 2.96. The van der Waals surface area contributed by atoms with E-state index in [9.17, 15) is 8.42 Å². The second-order valence-corrected chi connectivity index (χ2v) is 7.67. The molecule has 0 amide bonds. The van der Waals surface area contributed by atoms with Crippen molar-refractivity contribution in [2.45, 2.75) is 15.5 Å². The smallest absolute Gasteiger partial charge is 0.175 e. The van der Waals surface area contributed by atoms with E-state index in [1.54, 1.807) is 37.1 Å². The summed E-state index contributed by atoms with van der Waals surface area (Å²) in [6, 6.07) is 12.4. The lowest BCUT2D eigenvalue weighted by molar-refractivity contribution is 0.411. The van der Waals surface area contributed by atoms with Crippen molar-refractivity contribution in [2.24, 2.45) is 0 Å². The number of nitrogen functional groups attached to an aromatic ring is 1. The van der Waals surface area contributed by atoms with Gasteiger partial charge in [-0.3, -0.25) is 0 Å². The Balaban J connectivity index is 2.10. The van der Waals surface area contributed by atoms with Crippen molar-refractivity contribution in [3.05, 3.63) is 48.0 Å². The van der Waals surface area contributed by atoms with E-state index in [4.69, 9.17) is 10.5 Å². The molecule has 2 aromatic carbocycles. The number of hydrogen-bond donors (Lipinski definition) is 1. The Morgan fingerprint density at radius 1 is 1.14 bits per heavy atom. The highest BCUT2D eigenvalue weighted by Gasteiger charge is 2.08. The van der Waals surface area contributed by atoms with Crippen molar-refractivity contribution in [3.63, 3.8) is 0 Å². The molecule has 0 aliphatic heterocycles. The van der Waals surface area contributed by atoms with Gasteiger partial charge in [0, 0.05) is 34.2 Å². The fourth-order valence-corrected chi connectivity index (χ4v) is 3.34. The highest BCUT2D eigenvalue weighted by Crippen LogP contribution is 2.29. The molecule has 2 N–H and O–H groups in total. The summed E-state index contributed by atoms with van der Waals surface area (Å²) in [5.74, 6) is 1.48. The van der Waals surface area contributed by atoms with Crippen molar-refractivity contribution < 1.29 is 13.2 Å². The summed E-state index contributed by atoms with van der Waals surface area (Å²) < 4.78 is 28.1. The zero-order chi connectivity index (χ0) is 15.5. The molecule has 0 spiro atoms. The molecule has 0 atom stereocenters. The zero-order valence-electron chi connectivity index (χ0n) is 11.9. The van der Waals surface area contributed by atoms with Crippen LogP contribution in [0.1, 0.15) is 5.56 Å². The molecule has 6 heteroatoms. The number of anilines is 1. The largest absolute Gasteiger partial charge is 0.496 e. The van der Waals surface area contributed by atoms with Crippen molar-refractivity contribution >= 4 is 27.3 Å². The first-order chi connectivity index (χ1) is 9.90. The lowest BCUT2D eigenvalue weighted by Crippen LogP contribution is -1.96. The number of rotatable bonds is 5. The van der Waals surface area contributed by atoms with Gasteiger partial charge in [-0.25, -0.2) is 8.42 Å². The molecule has 2 aromatic rings. The molecule has 4 nitrogen and oxygen atoms in total. The van der Waals surface area contributed by atoms with Gasteiger partial charge in [0.15, 0.2) is 9.84 Å². The fraction of sp³-hybridized carbons (Fsp3) is 0.200. The number of thioether (sulfide) groups is 1. The van der Waals surface area contributed by atoms with Gasteiger partial charge in [0.25, 0.3) is 0 Å². The van der Waals surface area contributed by atoms with Crippen LogP contribution >= 0.6 is 11.8 Å². The highest BCUT2D eigenvalue weighted by molar-refractivity contribution is 7.98. The Kier molecular flexibility index (Phi) is 4.80. The van der Waals surface area contributed by atoms with Gasteiger partial charge in [-0.2, -0.15) is 0 Å². The summed E-state index contributed by atoms with van der Waals surface area (Å²) in [6.07, 6.45) is 1.20. The van der Waals surface area contributed by atoms with Crippen LogP contribution in [0.4, 0.5) is 5.69 Å². The van der Waals surface area contributed by atoms with E-state index in [0.717, 1.165) is 22.0 Å². The van der Waals surface area contributed by atoms with Gasteiger partial charge in [0.1, 0.15) is 5.75 Å². The van der Waals surface area contributed by atoms with Gasteiger partial charge < -0.3 is 10.5 Å². The lowest BCUT2D eigenvalue weighted by Gasteiger charge is -2.09. The minimum Gasteiger partial charge on any atom is -0.496 e. The van der Waals surface area contributed by atoms with Crippen LogP contribution in [-0.2, 0) is 15.6 Å². The van der Waals surface area contributed by atoms with Gasteiger partial charge in [-0.15, -0.1) is 11.8 Å². The molecule has 0 saturated heterocycles. The van der Waals surface area contributed by atoms with E-state index in [2.05, 4.69) is 0 Å². The van der Waals surface area contributed by atoms with Gasteiger partial charge in [-0.1, -0.05) is 6.07 Å². The molecular formula is C15H17NO3S2. The van der Waals surface area contributed by atoms with Crippen LogP contribution in [0, 0.1) is 0 Å². The van der Waals surface area contributed by atoms with E-state index >= 15 is 0 Å². The van der Waals surface area contributed by atoms with Crippen LogP contribution in [-0.4, -0.2) is 21.8 Å². The summed E-state index contributed by atoms with van der Waals surface area (Å²) >= 11 is 1.61. The maximum atomic E-state index is 11.4. The Hall–Kier alpha value is -1.66. The topological polar surface area (TPSA) is 69.4 Å². The van der Waals surface area contributed by atoms with Crippen molar-refractivity contribution in [3.8, 4) is 5.75 Å². The second kappa shape index (κ2) is 6.41. The standard InChI is InChI=1S/C15H17NO3S2/c1-19-15-9-12(16)4-3-11(15)10-20-13-5-7-14(8-6-13)21(2,17)18/h3-9H,10,16H2,1-2H3. The minimum absolute atomic E-state index is 0.330. The van der Waals surface area contributed by atoms with Gasteiger partial charge in [0.05, 0.1) is 12.0 Å². The fourth-order valence-electron chi connectivity index (χ4n) is 1.82. The predicted octanol–water partition coefficient (Wildman–Crippen LogP) is 2.97. The Morgan fingerprint density at radius 3 is 2.38 bits per heavy atom. The summed E-state index contributed by atoms with van der Waals surface area (Å²) in [7, 11) is -1.53. The van der Waals surface area contributed by atoms with Crippen LogP contribution in [0.25, 0.3) is 0 Å². The van der Waals surface area contributed by atoms with Crippen LogP contribution in [0.2, 0.25) is 0 Å². The summed E-state index contributed by atoms with van der Waals surface area (Å²) in [5.41, 5.74) is 7.43. The molecule has 0 aromatic heterocycles. The Morgan fingerprint density at radius 2 is 1.81 bits per heavy atom. The second-order valence-electron chi connectivity index (χ2n) is 4.60. The van der Waals surface area contributed by atoms with Crippen molar-refractivity contribution in [1.29, 1.82) is 0 Å². The van der Waals surface area contributed by atoms with Gasteiger partial charge in [0.2, 0.25) is 0 Å². The van der Waals surface area contributed by atoms with Crippen LogP contribution in [0.15, 0.2) is 52.3 Å². The first kappa shape index (κ1) is 15.7. The van der Waals surface area contributed by atoms with E-state index in [1.807, 2.05) is 24.3 Å². The summed E-state index contributed by atoms with van der Waals surface area (Å²) in [4.78, 5) is 1.33. The van der Waals surface area contributed by atoms with E-state index < -0.39 is 9.84 Å². The normalized spacial score (nSPS) is 11.3. The van der Waals surface area contributed by atoms with Gasteiger partial charge >= 0.3 is 0 Å². The molecule has 0 aliphatic rings. The third kappa shape index (κ3) is 4.15. The summed E-state index contributed by atoms with van der Waals surface area (Å²) in [6.45, 7) is 0. The average Bonchev–Trinajstić information content (AvgIpc) is 2.45. The van der Waals surface area contributed by atoms with Crippen LogP contribution in [0.3, 0.4) is 0 Å². The van der Waals surface area contributed by atoms with Crippen LogP contribution in [0.5, 0.6) is 5.75 Å². The number of hydrogen-bond acceptors (Lipinski definition) is 5. The lowest BCUT2D eigenvalue weighted by atomic mass is 10.2. The molecule has 0 bridgehead atoms. The molecule has 0 radical (unpaired) electrons. The molecule has 0 fully saturated rings. The number of sulfone groups is 1. The van der Waals surface area contributed by atoms with Crippen LogP contribution < -0.4 is 10.5 Å². The van der Waals surface area contributed by atoms with E-state index in [1.165, 1.54) is 6.26 Å². The Bertz CT molecular complexity index is 725. The molecule has 0 heterocycles. The molecule has 21 heavy (non-hydrogen) atoms. The van der Waals surface area contributed by atoms with Crippen molar-refractivity contribution in [1.82, 2.24) is 0 Å². The molecule has 112 valence electrons. The third-order valence-corrected chi connectivity index (χ3v) is 5.15. The number of ether oxygens (including phenoxy) is 1. The molecule has 0 unspecified atom stereocenters. The maximum absolute atomic E-state index is 11.4. The quantitative estimate of drug-likeness (QED) is 0.677. The maximum Gasteiger partial charge on any atom is 0.175 e. The number of nitrogens with two attached hydrogens (primary N) is 1. The van der Waals surface area contributed by atoms with E-state index in [0.29, 0.717) is 10.6 Å². The Labute approximate surface area is 129 Å². The summed E-state index contributed by atoms with van der Waals surface area (Å²) in [5, 5.41) is 0. The first-order valence-electron chi connectivity index (χ1n) is 6.25. The SMILES string of the molecule is COc1cc(N)ccc1CSc1ccc(S(C)(=O)=O)cc1. The molecule has 2 rings (SSSR count).